The smallest absolute Gasteiger partial charge is 0.162 e. The molecule has 0 aliphatic carbocycles. The highest BCUT2D eigenvalue weighted by molar-refractivity contribution is 5.95. The van der Waals surface area contributed by atoms with Crippen molar-refractivity contribution in [3.63, 3.8) is 0 Å². The van der Waals surface area contributed by atoms with E-state index in [2.05, 4.69) is 34.5 Å². The number of hydrogen-bond acceptors (Lipinski definition) is 3. The van der Waals surface area contributed by atoms with Crippen LogP contribution in [0, 0.1) is 5.82 Å². The van der Waals surface area contributed by atoms with E-state index in [1.807, 2.05) is 0 Å². The molecule has 0 amide bonds. The van der Waals surface area contributed by atoms with Crippen LogP contribution in [0.15, 0.2) is 48.5 Å². The van der Waals surface area contributed by atoms with Crippen molar-refractivity contribution in [3.8, 4) is 0 Å². The molecule has 0 aromatic heterocycles. The van der Waals surface area contributed by atoms with Gasteiger partial charge in [-0.15, -0.1) is 0 Å². The van der Waals surface area contributed by atoms with E-state index in [4.69, 9.17) is 0 Å². The summed E-state index contributed by atoms with van der Waals surface area (Å²) in [6.07, 6.45) is 1.36. The molecule has 4 heteroatoms. The van der Waals surface area contributed by atoms with Gasteiger partial charge in [0.1, 0.15) is 5.82 Å². The summed E-state index contributed by atoms with van der Waals surface area (Å²) in [5, 5.41) is 3.61. The zero-order chi connectivity index (χ0) is 16.5. The third-order valence-electron chi connectivity index (χ3n) is 5.14. The monoisotopic (exact) mass is 324 g/mol. The van der Waals surface area contributed by atoms with Crippen LogP contribution in [0.1, 0.15) is 34.7 Å². The molecular weight excluding hydrogens is 303 g/mol. The van der Waals surface area contributed by atoms with Crippen molar-refractivity contribution in [1.82, 2.24) is 4.90 Å². The molecule has 2 heterocycles. The zero-order valence-corrected chi connectivity index (χ0v) is 13.5. The molecule has 1 N–H and O–H groups in total. The first kappa shape index (κ1) is 15.3. The van der Waals surface area contributed by atoms with Crippen molar-refractivity contribution in [2.45, 2.75) is 24.8 Å². The Labute approximate surface area is 141 Å². The highest BCUT2D eigenvalue weighted by atomic mass is 19.1. The Balaban J connectivity index is 1.28. The molecule has 0 saturated carbocycles. The standard InChI is InChI=1S/C20H21FN2O/c21-15-9-7-14(8-10-15)20(24)6-3-11-23-12-17-16-4-1-2-5-18(16)22-19(17)13-23/h1-2,4-5,7-10,17,19,22H,3,6,11-13H2. The van der Waals surface area contributed by atoms with Gasteiger partial charge in [-0.05, 0) is 48.9 Å². The molecule has 0 radical (unpaired) electrons. The minimum Gasteiger partial charge on any atom is -0.380 e. The van der Waals surface area contributed by atoms with Crippen LogP contribution >= 0.6 is 0 Å². The molecule has 0 bridgehead atoms. The molecule has 2 aliphatic rings. The van der Waals surface area contributed by atoms with Crippen LogP contribution in [0.5, 0.6) is 0 Å². The maximum absolute atomic E-state index is 12.9. The maximum atomic E-state index is 12.9. The van der Waals surface area contributed by atoms with Gasteiger partial charge in [-0.1, -0.05) is 18.2 Å². The Morgan fingerprint density at radius 1 is 1.12 bits per heavy atom. The molecular formula is C20H21FN2O. The Morgan fingerprint density at radius 2 is 1.92 bits per heavy atom. The lowest BCUT2D eigenvalue weighted by Crippen LogP contribution is -2.26. The lowest BCUT2D eigenvalue weighted by Gasteiger charge is -2.17. The summed E-state index contributed by atoms with van der Waals surface area (Å²) in [7, 11) is 0. The number of anilines is 1. The molecule has 2 atom stereocenters. The predicted molar refractivity (Wildman–Crippen MR) is 93.0 cm³/mol. The van der Waals surface area contributed by atoms with Crippen LogP contribution in [0.2, 0.25) is 0 Å². The summed E-state index contributed by atoms with van der Waals surface area (Å²) >= 11 is 0. The van der Waals surface area contributed by atoms with Crippen LogP contribution in [-0.2, 0) is 0 Å². The number of nitrogens with zero attached hydrogens (tertiary/aromatic N) is 1. The van der Waals surface area contributed by atoms with E-state index in [1.54, 1.807) is 12.1 Å². The molecule has 2 aromatic carbocycles. The Morgan fingerprint density at radius 3 is 2.75 bits per heavy atom. The van der Waals surface area contributed by atoms with Crippen molar-refractivity contribution >= 4 is 11.5 Å². The van der Waals surface area contributed by atoms with Crippen molar-refractivity contribution in [1.29, 1.82) is 0 Å². The van der Waals surface area contributed by atoms with Crippen molar-refractivity contribution in [2.24, 2.45) is 0 Å². The van der Waals surface area contributed by atoms with Crippen molar-refractivity contribution in [3.05, 3.63) is 65.5 Å². The van der Waals surface area contributed by atoms with Gasteiger partial charge < -0.3 is 10.2 Å². The first-order valence-corrected chi connectivity index (χ1v) is 8.57. The number of fused-ring (bicyclic) bond motifs is 3. The van der Waals surface area contributed by atoms with E-state index in [1.165, 1.54) is 23.4 Å². The van der Waals surface area contributed by atoms with Crippen LogP contribution in [0.4, 0.5) is 10.1 Å². The molecule has 4 rings (SSSR count). The largest absolute Gasteiger partial charge is 0.380 e. The molecule has 0 spiro atoms. The number of carbonyl (C=O) groups is 1. The molecule has 2 aromatic rings. The van der Waals surface area contributed by atoms with Crippen molar-refractivity contribution < 1.29 is 9.18 Å². The van der Waals surface area contributed by atoms with Gasteiger partial charge in [0.25, 0.3) is 0 Å². The average molecular weight is 324 g/mol. The number of rotatable bonds is 5. The summed E-state index contributed by atoms with van der Waals surface area (Å²) in [4.78, 5) is 14.6. The third kappa shape index (κ3) is 2.94. The second-order valence-corrected chi connectivity index (χ2v) is 6.74. The van der Waals surface area contributed by atoms with E-state index in [0.29, 0.717) is 23.9 Å². The minimum absolute atomic E-state index is 0.0952. The van der Waals surface area contributed by atoms with Gasteiger partial charge in [-0.3, -0.25) is 4.79 Å². The number of para-hydroxylation sites is 1. The first-order valence-electron chi connectivity index (χ1n) is 8.57. The number of carbonyl (C=O) groups excluding carboxylic acids is 1. The summed E-state index contributed by atoms with van der Waals surface area (Å²) < 4.78 is 12.9. The summed E-state index contributed by atoms with van der Waals surface area (Å²) in [5.74, 6) is 0.356. The fourth-order valence-corrected chi connectivity index (χ4v) is 3.92. The van der Waals surface area contributed by atoms with Crippen LogP contribution in [0.25, 0.3) is 0 Å². The molecule has 3 nitrogen and oxygen atoms in total. The quantitative estimate of drug-likeness (QED) is 0.852. The zero-order valence-electron chi connectivity index (χ0n) is 13.5. The summed E-state index contributed by atoms with van der Waals surface area (Å²) in [6, 6.07) is 14.9. The topological polar surface area (TPSA) is 32.3 Å². The molecule has 124 valence electrons. The Bertz CT molecular complexity index is 744. The van der Waals surface area contributed by atoms with E-state index in [-0.39, 0.29) is 11.6 Å². The van der Waals surface area contributed by atoms with E-state index < -0.39 is 0 Å². The molecule has 1 saturated heterocycles. The van der Waals surface area contributed by atoms with Crippen LogP contribution in [-0.4, -0.2) is 36.4 Å². The first-order chi connectivity index (χ1) is 11.7. The number of benzene rings is 2. The maximum Gasteiger partial charge on any atom is 0.162 e. The number of hydrogen-bond donors (Lipinski definition) is 1. The van der Waals surface area contributed by atoms with Gasteiger partial charge in [0, 0.05) is 42.7 Å². The van der Waals surface area contributed by atoms with E-state index in [0.717, 1.165) is 26.1 Å². The summed E-state index contributed by atoms with van der Waals surface area (Å²) in [6.45, 7) is 3.02. The van der Waals surface area contributed by atoms with Gasteiger partial charge in [-0.2, -0.15) is 0 Å². The highest BCUT2D eigenvalue weighted by Gasteiger charge is 2.39. The second kappa shape index (κ2) is 6.36. The number of Topliss-reactive ketones (excluding diaryl/α,β-unsaturated/α-hetero) is 1. The van der Waals surface area contributed by atoms with Gasteiger partial charge >= 0.3 is 0 Å². The molecule has 2 unspecified atom stereocenters. The van der Waals surface area contributed by atoms with Gasteiger partial charge in [-0.25, -0.2) is 4.39 Å². The Hall–Kier alpha value is -2.20. The van der Waals surface area contributed by atoms with Gasteiger partial charge in [0.2, 0.25) is 0 Å². The van der Waals surface area contributed by atoms with Gasteiger partial charge in [0.15, 0.2) is 5.78 Å². The molecule has 1 fully saturated rings. The Kier molecular flexibility index (Phi) is 4.07. The normalized spacial score (nSPS) is 22.0. The fraction of sp³-hybridized carbons (Fsp3) is 0.350. The van der Waals surface area contributed by atoms with Gasteiger partial charge in [0.05, 0.1) is 0 Å². The third-order valence-corrected chi connectivity index (χ3v) is 5.14. The lowest BCUT2D eigenvalue weighted by atomic mass is 9.98. The SMILES string of the molecule is O=C(CCCN1CC2Nc3ccccc3C2C1)c1ccc(F)cc1. The number of ketones is 1. The predicted octanol–water partition coefficient (Wildman–Crippen LogP) is 3.68. The lowest BCUT2D eigenvalue weighted by molar-refractivity contribution is 0.0976. The van der Waals surface area contributed by atoms with Crippen molar-refractivity contribution in [2.75, 3.05) is 25.0 Å². The highest BCUT2D eigenvalue weighted by Crippen LogP contribution is 2.40. The number of likely N-dealkylation sites (tertiary alicyclic amines) is 1. The number of halogens is 1. The fourth-order valence-electron chi connectivity index (χ4n) is 3.92. The second-order valence-electron chi connectivity index (χ2n) is 6.74. The van der Waals surface area contributed by atoms with E-state index >= 15 is 0 Å². The summed E-state index contributed by atoms with van der Waals surface area (Å²) in [5.41, 5.74) is 3.30. The molecule has 24 heavy (non-hydrogen) atoms. The minimum atomic E-state index is -0.303. The molecule has 2 aliphatic heterocycles. The van der Waals surface area contributed by atoms with E-state index in [9.17, 15) is 9.18 Å². The average Bonchev–Trinajstić information content (AvgIpc) is 3.12. The van der Waals surface area contributed by atoms with Crippen LogP contribution < -0.4 is 5.32 Å². The number of nitrogens with one attached hydrogen (secondary N) is 1. The van der Waals surface area contributed by atoms with Crippen LogP contribution in [0.3, 0.4) is 0 Å².